The van der Waals surface area contributed by atoms with E-state index in [1.165, 1.54) is 5.56 Å². The first-order valence-corrected chi connectivity index (χ1v) is 6.87. The summed E-state index contributed by atoms with van der Waals surface area (Å²) in [5.41, 5.74) is 2.13. The molecule has 4 nitrogen and oxygen atoms in total. The molecule has 1 aromatic carbocycles. The molecule has 1 heterocycles. The van der Waals surface area contributed by atoms with Gasteiger partial charge in [0.2, 0.25) is 5.91 Å². The molecule has 104 valence electrons. The lowest BCUT2D eigenvalue weighted by Gasteiger charge is -2.35. The first kappa shape index (κ1) is 14.0. The maximum Gasteiger partial charge on any atom is 0.238 e. The van der Waals surface area contributed by atoms with Crippen LogP contribution in [0.15, 0.2) is 24.3 Å². The van der Waals surface area contributed by atoms with Gasteiger partial charge in [0.05, 0.1) is 6.54 Å². The smallest absolute Gasteiger partial charge is 0.238 e. The van der Waals surface area contributed by atoms with Crippen LogP contribution in [0.3, 0.4) is 0 Å². The molecule has 0 saturated carbocycles. The van der Waals surface area contributed by atoms with Crippen LogP contribution in [0.1, 0.15) is 25.3 Å². The molecule has 0 spiro atoms. The highest BCUT2D eigenvalue weighted by Crippen LogP contribution is 2.18. The molecule has 4 heteroatoms. The number of likely N-dealkylation sites (N-methyl/N-ethyl adjacent to an activating group) is 1. The number of carbonyl (C=O) groups excluding carboxylic acids is 1. The molecular formula is C15H23N3O. The molecule has 0 bridgehead atoms. The van der Waals surface area contributed by atoms with Gasteiger partial charge in [-0.2, -0.15) is 0 Å². The zero-order chi connectivity index (χ0) is 13.8. The van der Waals surface area contributed by atoms with Crippen LogP contribution in [-0.2, 0) is 4.79 Å². The van der Waals surface area contributed by atoms with Crippen molar-refractivity contribution in [3.05, 3.63) is 29.8 Å². The maximum atomic E-state index is 12.0. The number of nitrogens with one attached hydrogen (secondary N) is 2. The molecule has 19 heavy (non-hydrogen) atoms. The summed E-state index contributed by atoms with van der Waals surface area (Å²) in [6, 6.07) is 8.56. The average molecular weight is 261 g/mol. The monoisotopic (exact) mass is 261 g/mol. The number of carbonyl (C=O) groups is 1. The molecule has 1 aliphatic heterocycles. The van der Waals surface area contributed by atoms with Gasteiger partial charge in [0, 0.05) is 24.8 Å². The van der Waals surface area contributed by atoms with E-state index in [0.29, 0.717) is 18.5 Å². The number of amides is 1. The molecule has 1 aromatic rings. The largest absolute Gasteiger partial charge is 0.325 e. The lowest BCUT2D eigenvalue weighted by atomic mass is 10.0. The first-order chi connectivity index (χ1) is 9.06. The summed E-state index contributed by atoms with van der Waals surface area (Å²) in [7, 11) is 2.00. The summed E-state index contributed by atoms with van der Waals surface area (Å²) in [5.74, 6) is 0.524. The zero-order valence-corrected chi connectivity index (χ0v) is 11.9. The van der Waals surface area contributed by atoms with Crippen molar-refractivity contribution in [3.8, 4) is 0 Å². The van der Waals surface area contributed by atoms with Gasteiger partial charge in [-0.15, -0.1) is 0 Å². The van der Waals surface area contributed by atoms with Gasteiger partial charge < -0.3 is 10.6 Å². The lowest BCUT2D eigenvalue weighted by Crippen LogP contribution is -2.57. The predicted octanol–water partition coefficient (Wildman–Crippen LogP) is 1.65. The number of hydrogen-bond acceptors (Lipinski definition) is 3. The van der Waals surface area contributed by atoms with Crippen molar-refractivity contribution in [3.63, 3.8) is 0 Å². The van der Waals surface area contributed by atoms with Gasteiger partial charge in [-0.1, -0.05) is 26.0 Å². The molecule has 0 aromatic heterocycles. The van der Waals surface area contributed by atoms with Gasteiger partial charge in [-0.05, 0) is 30.7 Å². The lowest BCUT2D eigenvalue weighted by molar-refractivity contribution is -0.117. The van der Waals surface area contributed by atoms with Gasteiger partial charge in [-0.25, -0.2) is 0 Å². The van der Waals surface area contributed by atoms with Crippen LogP contribution >= 0.6 is 0 Å². The summed E-state index contributed by atoms with van der Waals surface area (Å²) in [6.07, 6.45) is 0. The maximum absolute atomic E-state index is 12.0. The van der Waals surface area contributed by atoms with Crippen molar-refractivity contribution in [1.82, 2.24) is 10.2 Å². The second-order valence-electron chi connectivity index (χ2n) is 5.56. The normalized spacial score (nSPS) is 15.6. The van der Waals surface area contributed by atoms with Gasteiger partial charge in [0.1, 0.15) is 0 Å². The van der Waals surface area contributed by atoms with E-state index in [1.54, 1.807) is 0 Å². The molecular weight excluding hydrogens is 238 g/mol. The third-order valence-electron chi connectivity index (χ3n) is 3.61. The molecule has 0 atom stereocenters. The van der Waals surface area contributed by atoms with Crippen LogP contribution in [0.25, 0.3) is 0 Å². The Morgan fingerprint density at radius 3 is 2.79 bits per heavy atom. The first-order valence-electron chi connectivity index (χ1n) is 6.87. The predicted molar refractivity (Wildman–Crippen MR) is 78.4 cm³/mol. The van der Waals surface area contributed by atoms with Crippen LogP contribution in [0.5, 0.6) is 0 Å². The standard InChI is InChI=1S/C15H23N3O/c1-11(2)12-5-4-6-13(7-12)17-15(19)10-18(3)14-8-16-9-14/h4-7,11,14,16H,8-10H2,1-3H3,(H,17,19). The molecule has 0 unspecified atom stereocenters. The summed E-state index contributed by atoms with van der Waals surface area (Å²) in [4.78, 5) is 14.1. The number of hydrogen-bond donors (Lipinski definition) is 2. The number of nitrogens with zero attached hydrogens (tertiary/aromatic N) is 1. The van der Waals surface area contributed by atoms with Crippen molar-refractivity contribution in [1.29, 1.82) is 0 Å². The Morgan fingerprint density at radius 2 is 2.21 bits per heavy atom. The van der Waals surface area contributed by atoms with Crippen LogP contribution in [0.4, 0.5) is 5.69 Å². The molecule has 2 rings (SSSR count). The topological polar surface area (TPSA) is 44.4 Å². The molecule has 2 N–H and O–H groups in total. The fourth-order valence-corrected chi connectivity index (χ4v) is 2.12. The average Bonchev–Trinajstić information content (AvgIpc) is 2.26. The van der Waals surface area contributed by atoms with E-state index >= 15 is 0 Å². The van der Waals surface area contributed by atoms with E-state index in [0.717, 1.165) is 18.8 Å². The fourth-order valence-electron chi connectivity index (χ4n) is 2.12. The number of benzene rings is 1. The Morgan fingerprint density at radius 1 is 1.47 bits per heavy atom. The highest BCUT2D eigenvalue weighted by molar-refractivity contribution is 5.92. The molecule has 1 saturated heterocycles. The minimum Gasteiger partial charge on any atom is -0.325 e. The van der Waals surface area contributed by atoms with Crippen LogP contribution < -0.4 is 10.6 Å². The van der Waals surface area contributed by atoms with Crippen LogP contribution in [0.2, 0.25) is 0 Å². The van der Waals surface area contributed by atoms with Crippen LogP contribution in [-0.4, -0.2) is 43.5 Å². The Balaban J connectivity index is 1.89. The fraction of sp³-hybridized carbons (Fsp3) is 0.533. The summed E-state index contributed by atoms with van der Waals surface area (Å²) >= 11 is 0. The molecule has 0 aliphatic carbocycles. The molecule has 1 fully saturated rings. The van der Waals surface area contributed by atoms with Crippen molar-refractivity contribution in [2.75, 3.05) is 32.0 Å². The Labute approximate surface area is 115 Å². The zero-order valence-electron chi connectivity index (χ0n) is 11.9. The number of anilines is 1. The van der Waals surface area contributed by atoms with Crippen LogP contribution in [0, 0.1) is 0 Å². The third kappa shape index (κ3) is 3.78. The van der Waals surface area contributed by atoms with Gasteiger partial charge >= 0.3 is 0 Å². The molecule has 1 aliphatic rings. The van der Waals surface area contributed by atoms with Gasteiger partial charge in [0.25, 0.3) is 0 Å². The van der Waals surface area contributed by atoms with E-state index < -0.39 is 0 Å². The van der Waals surface area contributed by atoms with E-state index in [9.17, 15) is 4.79 Å². The van der Waals surface area contributed by atoms with E-state index in [1.807, 2.05) is 25.2 Å². The highest BCUT2D eigenvalue weighted by Gasteiger charge is 2.22. The minimum absolute atomic E-state index is 0.0512. The second-order valence-corrected chi connectivity index (χ2v) is 5.56. The van der Waals surface area contributed by atoms with E-state index in [4.69, 9.17) is 0 Å². The SMILES string of the molecule is CC(C)c1cccc(NC(=O)CN(C)C2CNC2)c1. The highest BCUT2D eigenvalue weighted by atomic mass is 16.2. The van der Waals surface area contributed by atoms with E-state index in [2.05, 4.69) is 35.4 Å². The minimum atomic E-state index is 0.0512. The molecule has 1 amide bonds. The summed E-state index contributed by atoms with van der Waals surface area (Å²) < 4.78 is 0. The third-order valence-corrected chi connectivity index (χ3v) is 3.61. The molecule has 0 radical (unpaired) electrons. The van der Waals surface area contributed by atoms with E-state index in [-0.39, 0.29) is 5.91 Å². The van der Waals surface area contributed by atoms with Gasteiger partial charge in [-0.3, -0.25) is 9.69 Å². The van der Waals surface area contributed by atoms with Gasteiger partial charge in [0.15, 0.2) is 0 Å². The Kier molecular flexibility index (Phi) is 4.56. The quantitative estimate of drug-likeness (QED) is 0.847. The Hall–Kier alpha value is -1.39. The number of rotatable bonds is 5. The summed E-state index contributed by atoms with van der Waals surface area (Å²) in [6.45, 7) is 6.70. The van der Waals surface area contributed by atoms with Crippen molar-refractivity contribution >= 4 is 11.6 Å². The van der Waals surface area contributed by atoms with Crippen molar-refractivity contribution in [2.45, 2.75) is 25.8 Å². The second kappa shape index (κ2) is 6.17. The van der Waals surface area contributed by atoms with Crippen molar-refractivity contribution in [2.24, 2.45) is 0 Å². The van der Waals surface area contributed by atoms with Crippen molar-refractivity contribution < 1.29 is 4.79 Å². The summed E-state index contributed by atoms with van der Waals surface area (Å²) in [5, 5.41) is 6.18. The Bertz CT molecular complexity index is 441.